The van der Waals surface area contributed by atoms with Crippen molar-refractivity contribution in [3.05, 3.63) is 11.5 Å². The third-order valence-corrected chi connectivity index (χ3v) is 2.54. The van der Waals surface area contributed by atoms with Gasteiger partial charge in [-0.05, 0) is 12.8 Å². The van der Waals surface area contributed by atoms with Crippen molar-refractivity contribution in [2.75, 3.05) is 14.1 Å². The molecule has 0 saturated carbocycles. The topological polar surface area (TPSA) is 29.5 Å². The van der Waals surface area contributed by atoms with Crippen LogP contribution >= 0.6 is 0 Å². The van der Waals surface area contributed by atoms with Gasteiger partial charge >= 0.3 is 0 Å². The maximum atomic E-state index is 11.7. The second-order valence-corrected chi connectivity index (χ2v) is 4.35. The summed E-state index contributed by atoms with van der Waals surface area (Å²) in [6, 6.07) is 0. The molecule has 1 aliphatic heterocycles. The Morgan fingerprint density at radius 3 is 2.43 bits per heavy atom. The van der Waals surface area contributed by atoms with Crippen LogP contribution in [0.15, 0.2) is 11.5 Å². The lowest BCUT2D eigenvalue weighted by molar-refractivity contribution is -0.122. The molecule has 0 saturated heterocycles. The van der Waals surface area contributed by atoms with Gasteiger partial charge < -0.3 is 9.64 Å². The Hall–Kier alpha value is -0.990. The maximum absolute atomic E-state index is 11.7. The van der Waals surface area contributed by atoms with Crippen LogP contribution < -0.4 is 0 Å². The highest BCUT2D eigenvalue weighted by atomic mass is 16.5. The number of ketones is 1. The van der Waals surface area contributed by atoms with Crippen molar-refractivity contribution in [2.24, 2.45) is 5.92 Å². The van der Waals surface area contributed by atoms with E-state index in [1.807, 2.05) is 25.9 Å². The Kier molecular flexibility index (Phi) is 3.19. The number of allylic oxidation sites excluding steroid dienone is 1. The Balaban J connectivity index is 2.91. The summed E-state index contributed by atoms with van der Waals surface area (Å²) in [4.78, 5) is 13.5. The van der Waals surface area contributed by atoms with E-state index in [0.29, 0.717) is 12.3 Å². The number of hydrogen-bond donors (Lipinski definition) is 0. The number of nitrogens with zero attached hydrogens (tertiary/aromatic N) is 1. The second kappa shape index (κ2) is 4.03. The molecule has 3 heteroatoms. The van der Waals surface area contributed by atoms with Crippen LogP contribution in [-0.4, -0.2) is 30.9 Å². The molecule has 0 radical (unpaired) electrons. The fraction of sp³-hybridized carbons (Fsp3) is 0.727. The minimum Gasteiger partial charge on any atom is -0.475 e. The van der Waals surface area contributed by atoms with Crippen LogP contribution in [0.3, 0.4) is 0 Å². The van der Waals surface area contributed by atoms with E-state index >= 15 is 0 Å². The fourth-order valence-corrected chi connectivity index (χ4v) is 1.54. The molecule has 0 aliphatic carbocycles. The van der Waals surface area contributed by atoms with E-state index in [-0.39, 0.29) is 11.9 Å². The van der Waals surface area contributed by atoms with E-state index in [1.165, 1.54) is 0 Å². The molecule has 1 unspecified atom stereocenters. The minimum atomic E-state index is 0.0311. The summed E-state index contributed by atoms with van der Waals surface area (Å²) < 4.78 is 5.78. The van der Waals surface area contributed by atoms with Crippen LogP contribution in [0.1, 0.15) is 27.2 Å². The van der Waals surface area contributed by atoms with E-state index in [0.717, 1.165) is 11.5 Å². The third kappa shape index (κ3) is 2.08. The summed E-state index contributed by atoms with van der Waals surface area (Å²) in [6.45, 7) is 5.98. The third-order valence-electron chi connectivity index (χ3n) is 2.54. The molecule has 3 nitrogen and oxygen atoms in total. The van der Waals surface area contributed by atoms with E-state index in [1.54, 1.807) is 0 Å². The van der Waals surface area contributed by atoms with Crippen LogP contribution in [0.25, 0.3) is 0 Å². The van der Waals surface area contributed by atoms with Crippen molar-refractivity contribution in [3.63, 3.8) is 0 Å². The van der Waals surface area contributed by atoms with E-state index in [2.05, 4.69) is 13.8 Å². The van der Waals surface area contributed by atoms with Crippen LogP contribution in [0.5, 0.6) is 0 Å². The molecule has 0 aromatic carbocycles. The Bertz CT molecular complexity index is 266. The quantitative estimate of drug-likeness (QED) is 0.676. The maximum Gasteiger partial charge on any atom is 0.195 e. The van der Waals surface area contributed by atoms with Crippen LogP contribution in [-0.2, 0) is 9.53 Å². The molecular formula is C11H19NO2. The highest BCUT2D eigenvalue weighted by Gasteiger charge is 2.29. The van der Waals surface area contributed by atoms with Crippen LogP contribution in [0, 0.1) is 5.92 Å². The highest BCUT2D eigenvalue weighted by molar-refractivity contribution is 5.96. The van der Waals surface area contributed by atoms with Crippen molar-refractivity contribution in [1.29, 1.82) is 0 Å². The van der Waals surface area contributed by atoms with Gasteiger partial charge in [0, 0.05) is 20.5 Å². The number of Topliss-reactive ketones (excluding diaryl/α,β-unsaturated/α-hetero) is 1. The van der Waals surface area contributed by atoms with Gasteiger partial charge in [0.15, 0.2) is 11.7 Å². The minimum absolute atomic E-state index is 0.0311. The molecule has 80 valence electrons. The molecule has 1 atom stereocenters. The van der Waals surface area contributed by atoms with Gasteiger partial charge in [0.25, 0.3) is 0 Å². The summed E-state index contributed by atoms with van der Waals surface area (Å²) in [5.41, 5.74) is 0.743. The average Bonchev–Trinajstić information content (AvgIpc) is 2.08. The van der Waals surface area contributed by atoms with Gasteiger partial charge in [0.05, 0.1) is 5.57 Å². The monoisotopic (exact) mass is 197 g/mol. The number of carbonyl (C=O) groups excluding carboxylic acids is 1. The largest absolute Gasteiger partial charge is 0.475 e. The molecule has 0 fully saturated rings. The van der Waals surface area contributed by atoms with Crippen LogP contribution in [0.4, 0.5) is 0 Å². The average molecular weight is 197 g/mol. The van der Waals surface area contributed by atoms with E-state index in [9.17, 15) is 4.79 Å². The predicted molar refractivity (Wildman–Crippen MR) is 55.7 cm³/mol. The first-order valence-corrected chi connectivity index (χ1v) is 5.01. The van der Waals surface area contributed by atoms with Gasteiger partial charge in [0.2, 0.25) is 0 Å². The summed E-state index contributed by atoms with van der Waals surface area (Å²) in [7, 11) is 3.80. The molecule has 0 bridgehead atoms. The van der Waals surface area contributed by atoms with Gasteiger partial charge in [-0.2, -0.15) is 0 Å². The number of carbonyl (C=O) groups is 1. The van der Waals surface area contributed by atoms with Gasteiger partial charge in [-0.25, -0.2) is 0 Å². The molecule has 14 heavy (non-hydrogen) atoms. The molecular weight excluding hydrogens is 178 g/mol. The van der Waals surface area contributed by atoms with Gasteiger partial charge in [-0.3, -0.25) is 4.79 Å². The highest BCUT2D eigenvalue weighted by Crippen LogP contribution is 2.25. The number of rotatable bonds is 2. The zero-order valence-electron chi connectivity index (χ0n) is 9.63. The molecule has 0 aromatic heterocycles. The van der Waals surface area contributed by atoms with Crippen molar-refractivity contribution >= 4 is 5.78 Å². The first-order chi connectivity index (χ1) is 6.43. The molecule has 0 amide bonds. The first-order valence-electron chi connectivity index (χ1n) is 5.01. The lowest BCUT2D eigenvalue weighted by Gasteiger charge is -2.32. The lowest BCUT2D eigenvalue weighted by atomic mass is 9.96. The van der Waals surface area contributed by atoms with Crippen molar-refractivity contribution in [2.45, 2.75) is 33.3 Å². The van der Waals surface area contributed by atoms with Gasteiger partial charge in [0.1, 0.15) is 6.10 Å². The molecule has 0 N–H and O–H groups in total. The Morgan fingerprint density at radius 2 is 2.00 bits per heavy atom. The Morgan fingerprint density at radius 1 is 1.43 bits per heavy atom. The number of ether oxygens (including phenoxy) is 1. The molecule has 0 spiro atoms. The standard InChI is InChI=1S/C11H19NO2/c1-7(2)10-6-9(13)8(3)11(14-10)12(4)5/h7,10H,6H2,1-5H3. The summed E-state index contributed by atoms with van der Waals surface area (Å²) in [5, 5.41) is 0. The van der Waals surface area contributed by atoms with Gasteiger partial charge in [-0.1, -0.05) is 13.8 Å². The lowest BCUT2D eigenvalue weighted by Crippen LogP contribution is -2.33. The molecule has 1 rings (SSSR count). The molecule has 1 aliphatic rings. The summed E-state index contributed by atoms with van der Waals surface area (Å²) in [6.07, 6.45) is 0.546. The second-order valence-electron chi connectivity index (χ2n) is 4.35. The number of hydrogen-bond acceptors (Lipinski definition) is 3. The normalized spacial score (nSPS) is 22.7. The van der Waals surface area contributed by atoms with Crippen molar-refractivity contribution < 1.29 is 9.53 Å². The van der Waals surface area contributed by atoms with Crippen LogP contribution in [0.2, 0.25) is 0 Å². The first kappa shape index (κ1) is 11.1. The molecule has 0 aromatic rings. The smallest absolute Gasteiger partial charge is 0.195 e. The van der Waals surface area contributed by atoms with Crippen molar-refractivity contribution in [1.82, 2.24) is 4.90 Å². The summed E-state index contributed by atoms with van der Waals surface area (Å²) in [5.74, 6) is 1.31. The fourth-order valence-electron chi connectivity index (χ4n) is 1.54. The summed E-state index contributed by atoms with van der Waals surface area (Å²) >= 11 is 0. The van der Waals surface area contributed by atoms with E-state index in [4.69, 9.17) is 4.74 Å². The van der Waals surface area contributed by atoms with Crippen molar-refractivity contribution in [3.8, 4) is 0 Å². The van der Waals surface area contributed by atoms with Gasteiger partial charge in [-0.15, -0.1) is 0 Å². The predicted octanol–water partition coefficient (Wildman–Crippen LogP) is 1.79. The molecule has 1 heterocycles. The van der Waals surface area contributed by atoms with E-state index < -0.39 is 0 Å². The zero-order chi connectivity index (χ0) is 10.9. The zero-order valence-corrected chi connectivity index (χ0v) is 9.63. The SMILES string of the molecule is CC1=C(N(C)C)OC(C(C)C)CC1=O. The Labute approximate surface area is 85.7 Å².